The number of hydrogen-bond acceptors (Lipinski definition) is 4. The monoisotopic (exact) mass is 405 g/mol. The number of amidine groups is 1. The molecule has 2 aliphatic heterocycles. The highest BCUT2D eigenvalue weighted by Gasteiger charge is 2.33. The number of sulfonamides is 1. The fourth-order valence-electron chi connectivity index (χ4n) is 3.63. The molecule has 0 aliphatic carbocycles. The van der Waals surface area contributed by atoms with Gasteiger partial charge < -0.3 is 9.80 Å². The lowest BCUT2D eigenvalue weighted by Crippen LogP contribution is -2.43. The topological polar surface area (TPSA) is 70.1 Å². The van der Waals surface area contributed by atoms with Gasteiger partial charge in [-0.3, -0.25) is 4.79 Å². The Kier molecular flexibility index (Phi) is 4.41. The number of fused-ring (bicyclic) bond motifs is 2. The molecular formula is C19H17F2N3O3S. The maximum atomic E-state index is 14.3. The summed E-state index contributed by atoms with van der Waals surface area (Å²) < 4.78 is 56.0. The van der Waals surface area contributed by atoms with Crippen LogP contribution in [0.1, 0.15) is 17.5 Å². The minimum absolute atomic E-state index is 0.0902. The molecule has 28 heavy (non-hydrogen) atoms. The van der Waals surface area contributed by atoms with Gasteiger partial charge in [0.15, 0.2) is 5.84 Å². The highest BCUT2D eigenvalue weighted by molar-refractivity contribution is 7.90. The number of nitrogens with zero attached hydrogens (tertiary/aromatic N) is 3. The van der Waals surface area contributed by atoms with Gasteiger partial charge >= 0.3 is 0 Å². The first kappa shape index (κ1) is 18.5. The summed E-state index contributed by atoms with van der Waals surface area (Å²) in [5.74, 6) is -1.71. The fourth-order valence-corrected chi connectivity index (χ4v) is 4.88. The van der Waals surface area contributed by atoms with Crippen molar-refractivity contribution in [3.8, 4) is 0 Å². The second-order valence-corrected chi connectivity index (χ2v) is 8.36. The SMILES string of the molecule is CN(CC(=O)N1CCCc2cc(F)cc(F)c21)C1=NS(=O)(=O)c2ccccc21. The highest BCUT2D eigenvalue weighted by atomic mass is 32.2. The van der Waals surface area contributed by atoms with Gasteiger partial charge in [-0.05, 0) is 36.6 Å². The number of carbonyl (C=O) groups excluding carboxylic acids is 1. The van der Waals surface area contributed by atoms with Gasteiger partial charge in [-0.25, -0.2) is 8.78 Å². The van der Waals surface area contributed by atoms with Crippen LogP contribution in [0.25, 0.3) is 0 Å². The van der Waals surface area contributed by atoms with Crippen molar-refractivity contribution in [1.29, 1.82) is 0 Å². The average molecular weight is 405 g/mol. The number of carbonyl (C=O) groups is 1. The van der Waals surface area contributed by atoms with Crippen molar-refractivity contribution in [3.63, 3.8) is 0 Å². The molecular weight excluding hydrogens is 388 g/mol. The maximum Gasteiger partial charge on any atom is 0.285 e. The van der Waals surface area contributed by atoms with Crippen LogP contribution in [0.2, 0.25) is 0 Å². The van der Waals surface area contributed by atoms with E-state index >= 15 is 0 Å². The Labute approximate surface area is 161 Å². The van der Waals surface area contributed by atoms with E-state index in [1.54, 1.807) is 25.2 Å². The van der Waals surface area contributed by atoms with Gasteiger partial charge in [0, 0.05) is 25.2 Å². The molecule has 0 fully saturated rings. The van der Waals surface area contributed by atoms with Crippen LogP contribution < -0.4 is 4.90 Å². The lowest BCUT2D eigenvalue weighted by molar-refractivity contribution is -0.118. The minimum atomic E-state index is -3.80. The molecule has 0 N–H and O–H groups in total. The first-order valence-electron chi connectivity index (χ1n) is 8.72. The Balaban J connectivity index is 1.61. The predicted molar refractivity (Wildman–Crippen MR) is 99.8 cm³/mol. The summed E-state index contributed by atoms with van der Waals surface area (Å²) in [6.45, 7) is 0.114. The number of likely N-dealkylation sites (N-methyl/N-ethyl adjacent to an activating group) is 1. The van der Waals surface area contributed by atoms with Crippen LogP contribution in [0.4, 0.5) is 14.5 Å². The largest absolute Gasteiger partial charge is 0.349 e. The maximum absolute atomic E-state index is 14.3. The standard InChI is InChI=1S/C19H17F2N3O3S/c1-23(19-14-6-2-3-7-16(14)28(26,27)22-19)11-17(25)24-8-4-5-12-9-13(20)10-15(21)18(12)24/h2-3,6-7,9-10H,4-5,8,11H2,1H3. The van der Waals surface area contributed by atoms with Crippen molar-refractivity contribution in [2.75, 3.05) is 25.0 Å². The van der Waals surface area contributed by atoms with Crippen LogP contribution in [0, 0.1) is 11.6 Å². The number of rotatable bonds is 2. The molecule has 0 atom stereocenters. The normalized spacial score (nSPS) is 17.0. The van der Waals surface area contributed by atoms with E-state index in [1.807, 2.05) is 0 Å². The fraction of sp³-hybridized carbons (Fsp3) is 0.263. The quantitative estimate of drug-likeness (QED) is 0.769. The molecule has 0 unspecified atom stereocenters. The molecule has 9 heteroatoms. The zero-order valence-corrected chi connectivity index (χ0v) is 15.8. The summed E-state index contributed by atoms with van der Waals surface area (Å²) in [7, 11) is -2.25. The van der Waals surface area contributed by atoms with Crippen LogP contribution in [0.5, 0.6) is 0 Å². The van der Waals surface area contributed by atoms with E-state index in [2.05, 4.69) is 4.40 Å². The molecule has 146 valence electrons. The van der Waals surface area contributed by atoms with E-state index in [1.165, 1.54) is 21.9 Å². The molecule has 2 aliphatic rings. The van der Waals surface area contributed by atoms with Crippen LogP contribution >= 0.6 is 0 Å². The first-order valence-corrected chi connectivity index (χ1v) is 10.2. The molecule has 2 heterocycles. The zero-order valence-electron chi connectivity index (χ0n) is 15.0. The Bertz CT molecular complexity index is 1120. The predicted octanol–water partition coefficient (Wildman–Crippen LogP) is 2.32. The number of halogens is 2. The minimum Gasteiger partial charge on any atom is -0.349 e. The molecule has 0 radical (unpaired) electrons. The van der Waals surface area contributed by atoms with Gasteiger partial charge in [0.1, 0.15) is 16.5 Å². The molecule has 2 aromatic rings. The Morgan fingerprint density at radius 1 is 1.25 bits per heavy atom. The van der Waals surface area contributed by atoms with Crippen LogP contribution in [-0.2, 0) is 21.2 Å². The van der Waals surface area contributed by atoms with Crippen molar-refractivity contribution >= 4 is 27.5 Å². The molecule has 2 aromatic carbocycles. The molecule has 6 nitrogen and oxygen atoms in total. The molecule has 0 bridgehead atoms. The zero-order chi connectivity index (χ0) is 20.1. The molecule has 0 saturated carbocycles. The molecule has 1 amide bonds. The molecule has 4 rings (SSSR count). The molecule has 0 saturated heterocycles. The highest BCUT2D eigenvalue weighted by Crippen LogP contribution is 2.32. The number of aryl methyl sites for hydroxylation is 1. The third-order valence-corrected chi connectivity index (χ3v) is 6.18. The van der Waals surface area contributed by atoms with E-state index in [-0.39, 0.29) is 23.0 Å². The third kappa shape index (κ3) is 3.05. The van der Waals surface area contributed by atoms with Gasteiger partial charge in [0.2, 0.25) is 5.91 Å². The van der Waals surface area contributed by atoms with Crippen molar-refractivity contribution in [3.05, 3.63) is 59.2 Å². The van der Waals surface area contributed by atoms with Crippen molar-refractivity contribution in [2.24, 2.45) is 4.40 Å². The number of anilines is 1. The summed E-state index contributed by atoms with van der Waals surface area (Å²) in [6, 6.07) is 8.38. The lowest BCUT2D eigenvalue weighted by atomic mass is 10.0. The van der Waals surface area contributed by atoms with E-state index in [9.17, 15) is 22.0 Å². The summed E-state index contributed by atoms with van der Waals surface area (Å²) in [4.78, 5) is 15.7. The van der Waals surface area contributed by atoms with E-state index in [0.717, 1.165) is 6.07 Å². The number of benzene rings is 2. The third-order valence-electron chi connectivity index (χ3n) is 4.85. The van der Waals surface area contributed by atoms with Crippen molar-refractivity contribution in [1.82, 2.24) is 4.90 Å². The smallest absolute Gasteiger partial charge is 0.285 e. The Morgan fingerprint density at radius 3 is 2.79 bits per heavy atom. The lowest BCUT2D eigenvalue weighted by Gasteiger charge is -2.31. The second kappa shape index (κ2) is 6.66. The van der Waals surface area contributed by atoms with Gasteiger partial charge in [-0.15, -0.1) is 4.40 Å². The first-order chi connectivity index (χ1) is 13.3. The van der Waals surface area contributed by atoms with Crippen LogP contribution in [-0.4, -0.2) is 45.2 Å². The van der Waals surface area contributed by atoms with Crippen molar-refractivity contribution < 1.29 is 22.0 Å². The summed E-state index contributed by atoms with van der Waals surface area (Å²) in [6.07, 6.45) is 1.07. The second-order valence-electron chi connectivity index (χ2n) is 6.79. The summed E-state index contributed by atoms with van der Waals surface area (Å²) >= 11 is 0. The van der Waals surface area contributed by atoms with Gasteiger partial charge in [0.25, 0.3) is 10.0 Å². The Morgan fingerprint density at radius 2 is 2.00 bits per heavy atom. The Hall–Kier alpha value is -2.81. The van der Waals surface area contributed by atoms with E-state index < -0.39 is 27.6 Å². The van der Waals surface area contributed by atoms with Gasteiger partial charge in [0.05, 0.1) is 12.2 Å². The van der Waals surface area contributed by atoms with E-state index in [4.69, 9.17) is 0 Å². The average Bonchev–Trinajstić information content (AvgIpc) is 2.92. The van der Waals surface area contributed by atoms with Crippen LogP contribution in [0.15, 0.2) is 45.7 Å². The molecule has 0 aromatic heterocycles. The van der Waals surface area contributed by atoms with Gasteiger partial charge in [-0.1, -0.05) is 12.1 Å². The molecule has 0 spiro atoms. The van der Waals surface area contributed by atoms with Crippen LogP contribution in [0.3, 0.4) is 0 Å². The number of amides is 1. The van der Waals surface area contributed by atoms with Crippen molar-refractivity contribution in [2.45, 2.75) is 17.7 Å². The summed E-state index contributed by atoms with van der Waals surface area (Å²) in [5, 5.41) is 0. The van der Waals surface area contributed by atoms with Gasteiger partial charge in [-0.2, -0.15) is 8.42 Å². The van der Waals surface area contributed by atoms with E-state index in [0.29, 0.717) is 30.5 Å². The summed E-state index contributed by atoms with van der Waals surface area (Å²) in [5.41, 5.74) is 0.961. The number of hydrogen-bond donors (Lipinski definition) is 0.